The first-order valence-corrected chi connectivity index (χ1v) is 4.06. The molecule has 2 heterocycles. The number of nitrogens with two attached hydrogens (primary N) is 1. The van der Waals surface area contributed by atoms with Gasteiger partial charge >= 0.3 is 0 Å². The molecular weight excluding hydrogens is 170 g/mol. The van der Waals surface area contributed by atoms with E-state index in [2.05, 4.69) is 4.98 Å². The SMILES string of the molecule is NC(=O)C1CCc2nccc(=O)n21. The Bertz CT molecular complexity index is 410. The van der Waals surface area contributed by atoms with Crippen molar-refractivity contribution in [2.45, 2.75) is 18.9 Å². The lowest BCUT2D eigenvalue weighted by molar-refractivity contribution is -0.121. The van der Waals surface area contributed by atoms with Crippen molar-refractivity contribution in [2.24, 2.45) is 5.73 Å². The predicted octanol–water partition coefficient (Wildman–Crippen LogP) is -0.784. The van der Waals surface area contributed by atoms with Crippen LogP contribution >= 0.6 is 0 Å². The number of aryl methyl sites for hydroxylation is 1. The largest absolute Gasteiger partial charge is 0.368 e. The molecule has 1 aromatic rings. The Morgan fingerprint density at radius 1 is 1.69 bits per heavy atom. The van der Waals surface area contributed by atoms with Crippen molar-refractivity contribution in [3.8, 4) is 0 Å². The Hall–Kier alpha value is -1.65. The molecule has 0 fully saturated rings. The molecule has 5 nitrogen and oxygen atoms in total. The Morgan fingerprint density at radius 2 is 2.46 bits per heavy atom. The van der Waals surface area contributed by atoms with Crippen molar-refractivity contribution >= 4 is 5.91 Å². The van der Waals surface area contributed by atoms with Crippen molar-refractivity contribution in [3.63, 3.8) is 0 Å². The molecule has 1 amide bonds. The van der Waals surface area contributed by atoms with Crippen LogP contribution in [0.15, 0.2) is 17.1 Å². The molecule has 1 atom stereocenters. The summed E-state index contributed by atoms with van der Waals surface area (Å²) in [7, 11) is 0. The molecule has 0 spiro atoms. The summed E-state index contributed by atoms with van der Waals surface area (Å²) in [6, 6.07) is 0.835. The molecule has 0 saturated heterocycles. The highest BCUT2D eigenvalue weighted by atomic mass is 16.2. The fourth-order valence-electron chi connectivity index (χ4n) is 1.64. The molecule has 1 aromatic heterocycles. The highest BCUT2D eigenvalue weighted by Gasteiger charge is 2.27. The summed E-state index contributed by atoms with van der Waals surface area (Å²) in [6.45, 7) is 0. The average molecular weight is 179 g/mol. The number of amides is 1. The van der Waals surface area contributed by atoms with Crippen molar-refractivity contribution in [1.82, 2.24) is 9.55 Å². The van der Waals surface area contributed by atoms with E-state index < -0.39 is 11.9 Å². The Balaban J connectivity index is 2.58. The van der Waals surface area contributed by atoms with Gasteiger partial charge < -0.3 is 5.73 Å². The third-order valence-electron chi connectivity index (χ3n) is 2.24. The number of aromatic nitrogens is 2. The number of nitrogens with zero attached hydrogens (tertiary/aromatic N) is 2. The number of carbonyl (C=O) groups is 1. The van der Waals surface area contributed by atoms with E-state index in [4.69, 9.17) is 5.73 Å². The van der Waals surface area contributed by atoms with Gasteiger partial charge in [0.2, 0.25) is 5.91 Å². The van der Waals surface area contributed by atoms with Crippen LogP contribution in [0.2, 0.25) is 0 Å². The minimum atomic E-state index is -0.504. The maximum atomic E-state index is 11.3. The maximum Gasteiger partial charge on any atom is 0.254 e. The minimum absolute atomic E-state index is 0.202. The summed E-state index contributed by atoms with van der Waals surface area (Å²) in [5, 5.41) is 0. The molecule has 2 N–H and O–H groups in total. The Labute approximate surface area is 74.2 Å². The third kappa shape index (κ3) is 1.12. The number of primary amides is 1. The van der Waals surface area contributed by atoms with Crippen LogP contribution in [0, 0.1) is 0 Å². The molecule has 5 heteroatoms. The second kappa shape index (κ2) is 2.69. The summed E-state index contributed by atoms with van der Waals surface area (Å²) in [5.74, 6) is 0.185. The monoisotopic (exact) mass is 179 g/mol. The van der Waals surface area contributed by atoms with Crippen molar-refractivity contribution in [2.75, 3.05) is 0 Å². The van der Waals surface area contributed by atoms with Gasteiger partial charge in [-0.05, 0) is 6.42 Å². The highest BCUT2D eigenvalue weighted by Crippen LogP contribution is 2.20. The summed E-state index contributed by atoms with van der Waals surface area (Å²) < 4.78 is 1.38. The smallest absolute Gasteiger partial charge is 0.254 e. The van der Waals surface area contributed by atoms with Gasteiger partial charge in [-0.3, -0.25) is 14.2 Å². The lowest BCUT2D eigenvalue weighted by Crippen LogP contribution is -2.31. The molecule has 13 heavy (non-hydrogen) atoms. The van der Waals surface area contributed by atoms with Crippen LogP contribution < -0.4 is 11.3 Å². The van der Waals surface area contributed by atoms with Crippen molar-refractivity contribution in [1.29, 1.82) is 0 Å². The molecule has 0 bridgehead atoms. The van der Waals surface area contributed by atoms with Gasteiger partial charge in [0, 0.05) is 18.7 Å². The Morgan fingerprint density at radius 3 is 3.15 bits per heavy atom. The second-order valence-electron chi connectivity index (χ2n) is 3.03. The minimum Gasteiger partial charge on any atom is -0.368 e. The number of hydrogen-bond donors (Lipinski definition) is 1. The molecule has 0 aliphatic carbocycles. The van der Waals surface area contributed by atoms with E-state index in [1.54, 1.807) is 0 Å². The second-order valence-corrected chi connectivity index (χ2v) is 3.03. The zero-order valence-electron chi connectivity index (χ0n) is 6.93. The van der Waals surface area contributed by atoms with Gasteiger partial charge in [0.15, 0.2) is 0 Å². The third-order valence-corrected chi connectivity index (χ3v) is 2.24. The van der Waals surface area contributed by atoms with E-state index in [0.717, 1.165) is 0 Å². The zero-order chi connectivity index (χ0) is 9.42. The quantitative estimate of drug-likeness (QED) is 0.614. The molecule has 1 unspecified atom stereocenters. The van der Waals surface area contributed by atoms with Gasteiger partial charge in [-0.2, -0.15) is 0 Å². The molecular formula is C8H9N3O2. The molecule has 68 valence electrons. The first-order valence-electron chi connectivity index (χ1n) is 4.06. The van der Waals surface area contributed by atoms with Gasteiger partial charge in [-0.25, -0.2) is 4.98 Å². The van der Waals surface area contributed by atoms with Gasteiger partial charge in [-0.1, -0.05) is 0 Å². The van der Waals surface area contributed by atoms with Crippen LogP contribution in [-0.2, 0) is 11.2 Å². The maximum absolute atomic E-state index is 11.3. The number of rotatable bonds is 1. The van der Waals surface area contributed by atoms with Crippen molar-refractivity contribution < 1.29 is 4.79 Å². The van der Waals surface area contributed by atoms with Crippen LogP contribution in [0.3, 0.4) is 0 Å². The number of hydrogen-bond acceptors (Lipinski definition) is 3. The zero-order valence-corrected chi connectivity index (χ0v) is 6.93. The van der Waals surface area contributed by atoms with Gasteiger partial charge in [0.05, 0.1) is 0 Å². The fraction of sp³-hybridized carbons (Fsp3) is 0.375. The fourth-order valence-corrected chi connectivity index (χ4v) is 1.64. The summed E-state index contributed by atoms with van der Waals surface area (Å²) in [5.41, 5.74) is 4.95. The summed E-state index contributed by atoms with van der Waals surface area (Å²) in [4.78, 5) is 26.3. The molecule has 0 aromatic carbocycles. The van der Waals surface area contributed by atoms with Crippen LogP contribution in [0.4, 0.5) is 0 Å². The molecule has 2 rings (SSSR count). The first-order chi connectivity index (χ1) is 6.20. The molecule has 0 saturated carbocycles. The van der Waals surface area contributed by atoms with E-state index in [1.807, 2.05) is 0 Å². The Kier molecular flexibility index (Phi) is 1.65. The summed E-state index contributed by atoms with van der Waals surface area (Å²) >= 11 is 0. The molecule has 1 aliphatic heterocycles. The van der Waals surface area contributed by atoms with Crippen LogP contribution in [0.1, 0.15) is 18.3 Å². The number of carbonyl (C=O) groups excluding carboxylic acids is 1. The lowest BCUT2D eigenvalue weighted by Gasteiger charge is -2.08. The van der Waals surface area contributed by atoms with E-state index in [1.165, 1.54) is 16.8 Å². The van der Waals surface area contributed by atoms with Gasteiger partial charge in [-0.15, -0.1) is 0 Å². The average Bonchev–Trinajstić information content (AvgIpc) is 2.49. The van der Waals surface area contributed by atoms with Crippen LogP contribution in [0.5, 0.6) is 0 Å². The lowest BCUT2D eigenvalue weighted by atomic mass is 10.2. The molecule has 1 aliphatic rings. The van der Waals surface area contributed by atoms with Gasteiger partial charge in [0.25, 0.3) is 5.56 Å². The van der Waals surface area contributed by atoms with E-state index in [-0.39, 0.29) is 5.56 Å². The van der Waals surface area contributed by atoms with Crippen LogP contribution in [0.25, 0.3) is 0 Å². The standard InChI is InChI=1S/C8H9N3O2/c9-8(13)5-1-2-6-10-4-3-7(12)11(5)6/h3-5H,1-2H2,(H2,9,13). The topological polar surface area (TPSA) is 78.0 Å². The normalized spacial score (nSPS) is 19.8. The summed E-state index contributed by atoms with van der Waals surface area (Å²) in [6.07, 6.45) is 2.68. The van der Waals surface area contributed by atoms with Gasteiger partial charge in [0.1, 0.15) is 11.9 Å². The van der Waals surface area contributed by atoms with Crippen LogP contribution in [-0.4, -0.2) is 15.5 Å². The molecule has 0 radical (unpaired) electrons. The highest BCUT2D eigenvalue weighted by molar-refractivity contribution is 5.78. The van der Waals surface area contributed by atoms with E-state index in [9.17, 15) is 9.59 Å². The predicted molar refractivity (Wildman–Crippen MR) is 45.0 cm³/mol. The van der Waals surface area contributed by atoms with E-state index >= 15 is 0 Å². The van der Waals surface area contributed by atoms with Crippen molar-refractivity contribution in [3.05, 3.63) is 28.4 Å². The van der Waals surface area contributed by atoms with E-state index in [0.29, 0.717) is 18.7 Å². The first kappa shape index (κ1) is 7.97. The number of fused-ring (bicyclic) bond motifs is 1.